The molecule has 2 aliphatic rings. The van der Waals surface area contributed by atoms with Gasteiger partial charge >= 0.3 is 6.03 Å². The van der Waals surface area contributed by atoms with E-state index in [4.69, 9.17) is 11.6 Å². The van der Waals surface area contributed by atoms with E-state index in [0.29, 0.717) is 41.6 Å². The van der Waals surface area contributed by atoms with Gasteiger partial charge in [0.1, 0.15) is 11.7 Å². The van der Waals surface area contributed by atoms with Gasteiger partial charge in [0.2, 0.25) is 0 Å². The third-order valence-electron chi connectivity index (χ3n) is 5.80. The highest BCUT2D eigenvalue weighted by atomic mass is 35.5. The number of aromatic amines is 1. The Balaban J connectivity index is 1.44. The van der Waals surface area contributed by atoms with Crippen LogP contribution in [-0.2, 0) is 13.0 Å². The van der Waals surface area contributed by atoms with Crippen molar-refractivity contribution in [2.45, 2.75) is 31.9 Å². The van der Waals surface area contributed by atoms with E-state index in [1.54, 1.807) is 10.6 Å². The number of anilines is 1. The van der Waals surface area contributed by atoms with Crippen LogP contribution in [0.2, 0.25) is 5.02 Å². The minimum Gasteiger partial charge on any atom is -0.392 e. The summed E-state index contributed by atoms with van der Waals surface area (Å²) < 4.78 is 16.5. The number of rotatable bonds is 3. The highest BCUT2D eigenvalue weighted by molar-refractivity contribution is 6.33. The van der Waals surface area contributed by atoms with Crippen LogP contribution in [0.15, 0.2) is 41.5 Å². The number of aliphatic hydroxyl groups excluding tert-OH is 1. The molecule has 0 saturated carbocycles. The lowest BCUT2D eigenvalue weighted by Crippen LogP contribution is -2.36. The Hall–Kier alpha value is -3.43. The van der Waals surface area contributed by atoms with Crippen molar-refractivity contribution < 1.29 is 18.9 Å². The molecule has 2 bridgehead atoms. The molecule has 1 atom stereocenters. The van der Waals surface area contributed by atoms with Crippen LogP contribution < -0.4 is 10.9 Å². The van der Waals surface area contributed by atoms with Crippen molar-refractivity contribution >= 4 is 29.0 Å². The van der Waals surface area contributed by atoms with Crippen LogP contribution in [0.4, 0.5) is 14.9 Å². The number of urea groups is 1. The van der Waals surface area contributed by atoms with Gasteiger partial charge in [-0.25, -0.2) is 14.8 Å². The molecule has 0 fully saturated rings. The number of H-pyrrole nitrogens is 1. The first-order chi connectivity index (χ1) is 15.4. The van der Waals surface area contributed by atoms with Crippen molar-refractivity contribution in [1.82, 2.24) is 15.2 Å². The van der Waals surface area contributed by atoms with E-state index in [2.05, 4.69) is 20.5 Å². The first-order valence-corrected chi connectivity index (χ1v) is 10.4. The van der Waals surface area contributed by atoms with Crippen LogP contribution in [0.25, 0.3) is 11.1 Å². The van der Waals surface area contributed by atoms with Crippen LogP contribution >= 0.6 is 11.6 Å². The average molecular weight is 455 g/mol. The Kier molecular flexibility index (Phi) is 5.07. The molecule has 32 heavy (non-hydrogen) atoms. The molecule has 162 valence electrons. The molecule has 2 aliphatic heterocycles. The van der Waals surface area contributed by atoms with E-state index >= 15 is 0 Å². The molecule has 0 aliphatic carbocycles. The van der Waals surface area contributed by atoms with Gasteiger partial charge < -0.3 is 5.11 Å². The van der Waals surface area contributed by atoms with E-state index in [1.165, 1.54) is 30.6 Å². The Morgan fingerprint density at radius 3 is 2.97 bits per heavy atom. The second-order valence-electron chi connectivity index (χ2n) is 7.79. The molecular weight excluding hydrogens is 437 g/mol. The third-order valence-corrected chi connectivity index (χ3v) is 6.11. The topological polar surface area (TPSA) is 111 Å². The lowest BCUT2D eigenvalue weighted by molar-refractivity contribution is -0.469. The summed E-state index contributed by atoms with van der Waals surface area (Å²) in [6.45, 7) is -0.198. The number of nitrogens with zero attached hydrogens (tertiary/aromatic N) is 3. The van der Waals surface area contributed by atoms with Crippen LogP contribution in [0.3, 0.4) is 0 Å². The number of pyridine rings is 1. The van der Waals surface area contributed by atoms with Gasteiger partial charge in [-0.3, -0.25) is 9.78 Å². The molecule has 3 aromatic rings. The van der Waals surface area contributed by atoms with Crippen molar-refractivity contribution in [3.05, 3.63) is 74.7 Å². The van der Waals surface area contributed by atoms with Gasteiger partial charge in [0.05, 0.1) is 17.3 Å². The van der Waals surface area contributed by atoms with Crippen molar-refractivity contribution in [2.75, 3.05) is 5.32 Å². The number of carbonyl (C=O) groups excluding carboxylic acids is 1. The summed E-state index contributed by atoms with van der Waals surface area (Å²) in [5, 5.41) is 18.7. The fraction of sp³-hybridized carbons (Fsp3) is 0.227. The number of halogens is 2. The molecule has 10 heteroatoms. The number of hydrogen-bond donors (Lipinski definition) is 3. The molecular formula is C22H18ClFN5O3+. The SMILES string of the molecule is O=C(Nc1cc(Cl)c(-c2cncc(CO)c2)cc1F)[N+]1=C2CC[C@@H]1c1n[nH]c(=O)cc1C2. The average Bonchev–Trinajstić information content (AvgIpc) is 3.11. The van der Waals surface area contributed by atoms with Crippen LogP contribution in [0.5, 0.6) is 0 Å². The number of fused-ring (bicyclic) bond motifs is 3. The summed E-state index contributed by atoms with van der Waals surface area (Å²) >= 11 is 6.38. The van der Waals surface area contributed by atoms with E-state index in [0.717, 1.165) is 11.3 Å². The van der Waals surface area contributed by atoms with Gasteiger partial charge in [-0.2, -0.15) is 14.5 Å². The maximum atomic E-state index is 14.9. The molecule has 0 radical (unpaired) electrons. The molecule has 1 aromatic carbocycles. The van der Waals surface area contributed by atoms with Crippen molar-refractivity contribution in [1.29, 1.82) is 0 Å². The number of hydrogen-bond acceptors (Lipinski definition) is 5. The van der Waals surface area contributed by atoms with Gasteiger partial charge in [-0.15, -0.1) is 0 Å². The number of aliphatic hydroxyl groups is 1. The minimum atomic E-state index is -0.649. The number of amides is 2. The van der Waals surface area contributed by atoms with Gasteiger partial charge in [0.15, 0.2) is 11.5 Å². The molecule has 8 nitrogen and oxygen atoms in total. The molecule has 0 spiro atoms. The fourth-order valence-electron chi connectivity index (χ4n) is 4.35. The molecule has 3 N–H and O–H groups in total. The number of aromatic nitrogens is 3. The zero-order valence-electron chi connectivity index (χ0n) is 16.7. The summed E-state index contributed by atoms with van der Waals surface area (Å²) in [5.74, 6) is -0.649. The van der Waals surface area contributed by atoms with Crippen LogP contribution in [0, 0.1) is 5.82 Å². The molecule has 5 rings (SSSR count). The fourth-order valence-corrected chi connectivity index (χ4v) is 4.63. The Morgan fingerprint density at radius 1 is 1.31 bits per heavy atom. The van der Waals surface area contributed by atoms with Crippen LogP contribution in [-0.4, -0.2) is 36.6 Å². The second kappa shape index (κ2) is 7.92. The van der Waals surface area contributed by atoms with Crippen LogP contribution in [0.1, 0.15) is 35.7 Å². The third kappa shape index (κ3) is 3.49. The van der Waals surface area contributed by atoms with Crippen molar-refractivity contribution in [3.63, 3.8) is 0 Å². The largest absolute Gasteiger partial charge is 0.496 e. The van der Waals surface area contributed by atoms with Gasteiger partial charge in [0.25, 0.3) is 5.56 Å². The summed E-state index contributed by atoms with van der Waals surface area (Å²) in [4.78, 5) is 28.7. The highest BCUT2D eigenvalue weighted by Crippen LogP contribution is 2.36. The van der Waals surface area contributed by atoms with Gasteiger partial charge in [0, 0.05) is 54.9 Å². The Morgan fingerprint density at radius 2 is 2.16 bits per heavy atom. The molecule has 2 amide bonds. The smallest absolute Gasteiger partial charge is 0.392 e. The van der Waals surface area contributed by atoms with Gasteiger partial charge in [-0.1, -0.05) is 11.6 Å². The van der Waals surface area contributed by atoms with E-state index in [-0.39, 0.29) is 28.9 Å². The monoisotopic (exact) mass is 454 g/mol. The first-order valence-electron chi connectivity index (χ1n) is 10.0. The van der Waals surface area contributed by atoms with Crippen molar-refractivity contribution in [3.8, 4) is 11.1 Å². The summed E-state index contributed by atoms with van der Waals surface area (Å²) in [5.41, 5.74) is 3.54. The lowest BCUT2D eigenvalue weighted by atomic mass is 10.0. The Labute approximate surface area is 186 Å². The lowest BCUT2D eigenvalue weighted by Gasteiger charge is -2.19. The molecule has 0 saturated heterocycles. The van der Waals surface area contributed by atoms with E-state index < -0.39 is 11.8 Å². The molecule has 0 unspecified atom stereocenters. The van der Waals surface area contributed by atoms with E-state index in [1.807, 2.05) is 0 Å². The van der Waals surface area contributed by atoms with Crippen molar-refractivity contribution in [2.24, 2.45) is 0 Å². The number of benzene rings is 1. The highest BCUT2D eigenvalue weighted by Gasteiger charge is 2.42. The van der Waals surface area contributed by atoms with Gasteiger partial charge in [-0.05, 0) is 23.3 Å². The second-order valence-corrected chi connectivity index (χ2v) is 8.20. The minimum absolute atomic E-state index is 0.0461. The zero-order chi connectivity index (χ0) is 22.4. The summed E-state index contributed by atoms with van der Waals surface area (Å²) in [6.07, 6.45) is 4.86. The van der Waals surface area contributed by atoms with E-state index in [9.17, 15) is 19.1 Å². The maximum absolute atomic E-state index is 14.9. The molecule has 2 aromatic heterocycles. The standard InChI is InChI=1S/C22H17ClFN5O3/c23-16-7-18(17(24)6-15(16)13-3-11(10-30)8-25-9-13)26-22(32)29-14-1-2-19(29)21-12(4-14)5-20(31)27-28-21/h3,5-9,19,30H,1-2,4,10H2,(H-,26,27,31,32)/p+1/t19-/m1/s1. The molecule has 4 heterocycles. The number of nitrogens with one attached hydrogen (secondary N) is 2. The summed E-state index contributed by atoms with van der Waals surface area (Å²) in [7, 11) is 0. The first kappa shape index (κ1) is 20.5. The number of carbonyl (C=O) groups is 1. The predicted molar refractivity (Wildman–Crippen MR) is 115 cm³/mol. The quantitative estimate of drug-likeness (QED) is 0.526. The predicted octanol–water partition coefficient (Wildman–Crippen LogP) is 3.19. The summed E-state index contributed by atoms with van der Waals surface area (Å²) in [6, 6.07) is 4.98. The maximum Gasteiger partial charge on any atom is 0.496 e. The normalized spacial score (nSPS) is 16.8. The zero-order valence-corrected chi connectivity index (χ0v) is 17.5. The Bertz CT molecular complexity index is 1350.